The standard InChI is InChI=1S/C26H33N3O4S/c1-19-11-10-16-23(20(19)2)29-24(30)17-28(34(32,33)22-14-8-5-9-15-22)18-26(29,3)25(31)27-21-12-6-4-7-13-21/h5,8-11,14-16,21H,4,6-7,12-13,17-18H2,1-3H3,(H,27,31)/t26-/m0/s1. The number of piperazine rings is 1. The summed E-state index contributed by atoms with van der Waals surface area (Å²) in [4.78, 5) is 29.0. The zero-order valence-corrected chi connectivity index (χ0v) is 20.9. The van der Waals surface area contributed by atoms with Crippen LogP contribution in [0.1, 0.15) is 50.2 Å². The van der Waals surface area contributed by atoms with Gasteiger partial charge in [-0.1, -0.05) is 49.6 Å². The average Bonchev–Trinajstić information content (AvgIpc) is 2.82. The minimum atomic E-state index is -3.95. The van der Waals surface area contributed by atoms with Gasteiger partial charge in [0.05, 0.1) is 11.4 Å². The summed E-state index contributed by atoms with van der Waals surface area (Å²) in [6, 6.07) is 13.7. The third-order valence-corrected chi connectivity index (χ3v) is 8.97. The second kappa shape index (κ2) is 9.50. The number of nitrogens with zero attached hydrogens (tertiary/aromatic N) is 2. The van der Waals surface area contributed by atoms with Gasteiger partial charge in [-0.3, -0.25) is 14.5 Å². The van der Waals surface area contributed by atoms with E-state index in [-0.39, 0.29) is 29.9 Å². The summed E-state index contributed by atoms with van der Waals surface area (Å²) in [6.07, 6.45) is 5.04. The summed E-state index contributed by atoms with van der Waals surface area (Å²) in [5.41, 5.74) is 1.14. The molecule has 2 aromatic carbocycles. The Labute approximate surface area is 202 Å². The lowest BCUT2D eigenvalue weighted by Crippen LogP contribution is -2.71. The summed E-state index contributed by atoms with van der Waals surface area (Å²) in [7, 11) is -3.95. The quantitative estimate of drug-likeness (QED) is 0.705. The third-order valence-electron chi connectivity index (χ3n) is 7.17. The van der Waals surface area contributed by atoms with Crippen LogP contribution in [0.3, 0.4) is 0 Å². The van der Waals surface area contributed by atoms with E-state index in [4.69, 9.17) is 0 Å². The van der Waals surface area contributed by atoms with Crippen molar-refractivity contribution in [3.63, 3.8) is 0 Å². The molecule has 0 bridgehead atoms. The van der Waals surface area contributed by atoms with Crippen LogP contribution in [-0.2, 0) is 19.6 Å². The molecule has 0 radical (unpaired) electrons. The van der Waals surface area contributed by atoms with Crippen molar-refractivity contribution in [1.82, 2.24) is 9.62 Å². The molecule has 1 aliphatic heterocycles. The molecule has 182 valence electrons. The summed E-state index contributed by atoms with van der Waals surface area (Å²) < 4.78 is 28.0. The molecule has 1 atom stereocenters. The fraction of sp³-hybridized carbons (Fsp3) is 0.462. The first-order valence-corrected chi connectivity index (χ1v) is 13.3. The Kier molecular flexibility index (Phi) is 6.82. The van der Waals surface area contributed by atoms with E-state index >= 15 is 0 Å². The van der Waals surface area contributed by atoms with Crippen LogP contribution >= 0.6 is 0 Å². The van der Waals surface area contributed by atoms with Crippen molar-refractivity contribution in [2.45, 2.75) is 69.4 Å². The number of amides is 2. The topological polar surface area (TPSA) is 86.8 Å². The van der Waals surface area contributed by atoms with Crippen molar-refractivity contribution < 1.29 is 18.0 Å². The number of nitrogens with one attached hydrogen (secondary N) is 1. The Morgan fingerprint density at radius 2 is 1.68 bits per heavy atom. The molecule has 1 aliphatic carbocycles. The summed E-state index contributed by atoms with van der Waals surface area (Å²) in [5, 5.41) is 3.14. The van der Waals surface area contributed by atoms with E-state index in [1.807, 2.05) is 32.0 Å². The van der Waals surface area contributed by atoms with Gasteiger partial charge in [-0.2, -0.15) is 4.31 Å². The van der Waals surface area contributed by atoms with Crippen LogP contribution in [0, 0.1) is 13.8 Å². The number of rotatable bonds is 5. The minimum Gasteiger partial charge on any atom is -0.351 e. The number of aryl methyl sites for hydroxylation is 1. The average molecular weight is 484 g/mol. The van der Waals surface area contributed by atoms with Gasteiger partial charge in [-0.15, -0.1) is 0 Å². The molecular formula is C26H33N3O4S. The molecule has 0 spiro atoms. The van der Waals surface area contributed by atoms with E-state index in [1.54, 1.807) is 25.1 Å². The number of carbonyl (C=O) groups excluding carboxylic acids is 2. The van der Waals surface area contributed by atoms with Gasteiger partial charge in [0.1, 0.15) is 5.54 Å². The van der Waals surface area contributed by atoms with Gasteiger partial charge in [0, 0.05) is 18.3 Å². The second-order valence-corrected chi connectivity index (χ2v) is 11.6. The van der Waals surface area contributed by atoms with E-state index in [2.05, 4.69) is 5.32 Å². The Morgan fingerprint density at radius 3 is 2.35 bits per heavy atom. The highest BCUT2D eigenvalue weighted by Gasteiger charge is 2.51. The lowest BCUT2D eigenvalue weighted by Gasteiger charge is -2.47. The number of benzene rings is 2. The van der Waals surface area contributed by atoms with Crippen molar-refractivity contribution in [2.75, 3.05) is 18.0 Å². The third kappa shape index (κ3) is 4.49. The van der Waals surface area contributed by atoms with Crippen molar-refractivity contribution in [3.8, 4) is 0 Å². The van der Waals surface area contributed by atoms with Gasteiger partial charge in [0.2, 0.25) is 21.8 Å². The Bertz CT molecular complexity index is 1180. The Hall–Kier alpha value is -2.71. The lowest BCUT2D eigenvalue weighted by atomic mass is 9.90. The van der Waals surface area contributed by atoms with Crippen molar-refractivity contribution in [1.29, 1.82) is 0 Å². The molecule has 1 heterocycles. The Balaban J connectivity index is 1.75. The van der Waals surface area contributed by atoms with E-state index in [0.29, 0.717) is 5.69 Å². The monoisotopic (exact) mass is 483 g/mol. The fourth-order valence-corrected chi connectivity index (χ4v) is 6.52. The highest BCUT2D eigenvalue weighted by Crippen LogP contribution is 2.35. The van der Waals surface area contributed by atoms with Crippen LogP contribution in [0.2, 0.25) is 0 Å². The normalized spacial score (nSPS) is 22.6. The summed E-state index contributed by atoms with van der Waals surface area (Å²) in [5.74, 6) is -0.734. The molecular weight excluding hydrogens is 450 g/mol. The number of anilines is 1. The predicted octanol–water partition coefficient (Wildman–Crippen LogP) is 3.55. The number of sulfonamides is 1. The molecule has 1 N–H and O–H groups in total. The molecule has 4 rings (SSSR count). The number of carbonyl (C=O) groups is 2. The van der Waals surface area contributed by atoms with Gasteiger partial charge in [-0.05, 0) is 62.9 Å². The van der Waals surface area contributed by atoms with Gasteiger partial charge >= 0.3 is 0 Å². The first kappa shape index (κ1) is 24.4. The van der Waals surface area contributed by atoms with Crippen LogP contribution in [0.5, 0.6) is 0 Å². The molecule has 2 amide bonds. The van der Waals surface area contributed by atoms with Crippen molar-refractivity contribution >= 4 is 27.5 Å². The fourth-order valence-electron chi connectivity index (χ4n) is 5.02. The molecule has 1 saturated carbocycles. The van der Waals surface area contributed by atoms with Crippen LogP contribution in [0.25, 0.3) is 0 Å². The number of hydrogen-bond donors (Lipinski definition) is 1. The summed E-state index contributed by atoms with van der Waals surface area (Å²) >= 11 is 0. The smallest absolute Gasteiger partial charge is 0.247 e. The number of hydrogen-bond acceptors (Lipinski definition) is 4. The van der Waals surface area contributed by atoms with Gasteiger partial charge in [-0.25, -0.2) is 8.42 Å². The molecule has 1 saturated heterocycles. The molecule has 0 unspecified atom stereocenters. The van der Waals surface area contributed by atoms with E-state index < -0.39 is 21.5 Å². The zero-order chi connectivity index (χ0) is 24.5. The van der Waals surface area contributed by atoms with E-state index in [1.165, 1.54) is 17.0 Å². The van der Waals surface area contributed by atoms with Gasteiger partial charge < -0.3 is 5.32 Å². The van der Waals surface area contributed by atoms with Crippen LogP contribution in [-0.4, -0.2) is 49.2 Å². The maximum atomic E-state index is 13.8. The van der Waals surface area contributed by atoms with Gasteiger partial charge in [0.25, 0.3) is 0 Å². The maximum absolute atomic E-state index is 13.8. The second-order valence-electron chi connectivity index (χ2n) is 9.62. The van der Waals surface area contributed by atoms with Crippen LogP contribution < -0.4 is 10.2 Å². The highest BCUT2D eigenvalue weighted by molar-refractivity contribution is 7.89. The SMILES string of the molecule is Cc1cccc(N2C(=O)CN(S(=O)(=O)c3ccccc3)C[C@@]2(C)C(=O)NC2CCCCC2)c1C. The molecule has 34 heavy (non-hydrogen) atoms. The van der Waals surface area contributed by atoms with E-state index in [0.717, 1.165) is 47.5 Å². The van der Waals surface area contributed by atoms with Crippen LogP contribution in [0.15, 0.2) is 53.4 Å². The highest BCUT2D eigenvalue weighted by atomic mass is 32.2. The lowest BCUT2D eigenvalue weighted by molar-refractivity contribution is -0.133. The first-order chi connectivity index (χ1) is 16.1. The van der Waals surface area contributed by atoms with Gasteiger partial charge in [0.15, 0.2) is 0 Å². The first-order valence-electron chi connectivity index (χ1n) is 11.9. The predicted molar refractivity (Wildman–Crippen MR) is 132 cm³/mol. The molecule has 2 aromatic rings. The zero-order valence-electron chi connectivity index (χ0n) is 20.1. The van der Waals surface area contributed by atoms with E-state index in [9.17, 15) is 18.0 Å². The molecule has 2 fully saturated rings. The Morgan fingerprint density at radius 1 is 1.00 bits per heavy atom. The summed E-state index contributed by atoms with van der Waals surface area (Å²) in [6.45, 7) is 5.11. The minimum absolute atomic E-state index is 0.0368. The molecule has 0 aromatic heterocycles. The molecule has 8 heteroatoms. The maximum Gasteiger partial charge on any atom is 0.247 e. The van der Waals surface area contributed by atoms with Crippen molar-refractivity contribution in [3.05, 3.63) is 59.7 Å². The van der Waals surface area contributed by atoms with Crippen molar-refractivity contribution in [2.24, 2.45) is 0 Å². The largest absolute Gasteiger partial charge is 0.351 e. The molecule has 2 aliphatic rings. The van der Waals surface area contributed by atoms with Crippen LogP contribution in [0.4, 0.5) is 5.69 Å². The molecule has 7 nitrogen and oxygen atoms in total.